The first-order valence-electron chi connectivity index (χ1n) is 5.56. The Hall–Kier alpha value is -0.220. The topological polar surface area (TPSA) is 46.3 Å². The number of likely N-dealkylation sites (N-methyl/N-ethyl adjacent to an activating group) is 1. The number of hydrogen-bond donors (Lipinski definition) is 1. The number of thioether (sulfide) groups is 1. The molecule has 15 heavy (non-hydrogen) atoms. The fourth-order valence-corrected chi connectivity index (χ4v) is 1.91. The summed E-state index contributed by atoms with van der Waals surface area (Å²) < 4.78 is 0. The maximum atomic E-state index is 11.9. The molecular formula is C11H24N2OS. The van der Waals surface area contributed by atoms with Crippen LogP contribution in [0.15, 0.2) is 0 Å². The summed E-state index contributed by atoms with van der Waals surface area (Å²) in [4.78, 5) is 13.8. The number of nitrogens with two attached hydrogens (primary N) is 1. The third-order valence-electron chi connectivity index (χ3n) is 2.23. The summed E-state index contributed by atoms with van der Waals surface area (Å²) in [6.07, 6.45) is 2.80. The zero-order valence-electron chi connectivity index (χ0n) is 10.3. The average Bonchev–Trinajstić information content (AvgIpc) is 2.21. The van der Waals surface area contributed by atoms with Crippen LogP contribution < -0.4 is 5.73 Å². The van der Waals surface area contributed by atoms with Crippen molar-refractivity contribution in [1.29, 1.82) is 0 Å². The molecule has 0 aromatic rings. The third-order valence-corrected chi connectivity index (χ3v) is 2.87. The fraction of sp³-hybridized carbons (Fsp3) is 0.909. The molecule has 0 aromatic heterocycles. The summed E-state index contributed by atoms with van der Waals surface area (Å²) in [7, 11) is 0. The van der Waals surface area contributed by atoms with Gasteiger partial charge < -0.3 is 10.6 Å². The first kappa shape index (κ1) is 14.8. The van der Waals surface area contributed by atoms with Crippen LogP contribution >= 0.6 is 11.8 Å². The molecule has 0 rings (SSSR count). The lowest BCUT2D eigenvalue weighted by Gasteiger charge is -2.25. The van der Waals surface area contributed by atoms with Gasteiger partial charge in [0.25, 0.3) is 0 Å². The fourth-order valence-electron chi connectivity index (χ4n) is 1.42. The third kappa shape index (κ3) is 6.05. The van der Waals surface area contributed by atoms with E-state index in [9.17, 15) is 4.79 Å². The molecule has 0 unspecified atom stereocenters. The predicted molar refractivity (Wildman–Crippen MR) is 68.1 cm³/mol. The van der Waals surface area contributed by atoms with Gasteiger partial charge in [-0.1, -0.05) is 13.8 Å². The lowest BCUT2D eigenvalue weighted by Crippen LogP contribution is -2.45. The average molecular weight is 232 g/mol. The van der Waals surface area contributed by atoms with Crippen molar-refractivity contribution in [3.05, 3.63) is 0 Å². The van der Waals surface area contributed by atoms with Crippen LogP contribution in [-0.2, 0) is 4.79 Å². The highest BCUT2D eigenvalue weighted by molar-refractivity contribution is 7.98. The van der Waals surface area contributed by atoms with Gasteiger partial charge in [0.15, 0.2) is 0 Å². The van der Waals surface area contributed by atoms with E-state index in [0.29, 0.717) is 5.92 Å². The summed E-state index contributed by atoms with van der Waals surface area (Å²) in [5.41, 5.74) is 5.85. The predicted octanol–water partition coefficient (Wildman–Crippen LogP) is 1.57. The van der Waals surface area contributed by atoms with E-state index in [2.05, 4.69) is 13.8 Å². The van der Waals surface area contributed by atoms with Crippen LogP contribution in [-0.4, -0.2) is 41.9 Å². The van der Waals surface area contributed by atoms with Gasteiger partial charge in [0.2, 0.25) is 5.91 Å². The molecule has 4 heteroatoms. The van der Waals surface area contributed by atoms with Crippen molar-refractivity contribution in [3.8, 4) is 0 Å². The molecule has 0 fully saturated rings. The first-order valence-corrected chi connectivity index (χ1v) is 6.95. The van der Waals surface area contributed by atoms with Crippen molar-refractivity contribution in [3.63, 3.8) is 0 Å². The van der Waals surface area contributed by atoms with Crippen LogP contribution in [0.1, 0.15) is 27.2 Å². The van der Waals surface area contributed by atoms with Crippen LogP contribution in [0.25, 0.3) is 0 Å². The van der Waals surface area contributed by atoms with E-state index in [4.69, 9.17) is 5.73 Å². The van der Waals surface area contributed by atoms with Crippen molar-refractivity contribution >= 4 is 17.7 Å². The monoisotopic (exact) mass is 232 g/mol. The van der Waals surface area contributed by atoms with Crippen LogP contribution in [0.2, 0.25) is 0 Å². The second kappa shape index (κ2) is 7.99. The molecule has 0 saturated heterocycles. The maximum absolute atomic E-state index is 11.9. The molecule has 1 amide bonds. The Kier molecular flexibility index (Phi) is 7.88. The van der Waals surface area contributed by atoms with E-state index in [0.717, 1.165) is 25.3 Å². The van der Waals surface area contributed by atoms with Crippen LogP contribution in [0.4, 0.5) is 0 Å². The lowest BCUT2D eigenvalue weighted by molar-refractivity contribution is -0.132. The molecule has 0 aliphatic carbocycles. The van der Waals surface area contributed by atoms with E-state index in [1.165, 1.54) is 0 Å². The maximum Gasteiger partial charge on any atom is 0.239 e. The van der Waals surface area contributed by atoms with Gasteiger partial charge in [-0.25, -0.2) is 0 Å². The molecule has 0 aliphatic rings. The molecule has 0 aliphatic heterocycles. The molecule has 0 bridgehead atoms. The highest BCUT2D eigenvalue weighted by Crippen LogP contribution is 2.05. The molecule has 2 N–H and O–H groups in total. The Morgan fingerprint density at radius 2 is 2.07 bits per heavy atom. The van der Waals surface area contributed by atoms with Gasteiger partial charge >= 0.3 is 0 Å². The number of carbonyl (C=O) groups excluding carboxylic acids is 1. The molecule has 0 aromatic carbocycles. The van der Waals surface area contributed by atoms with E-state index >= 15 is 0 Å². The van der Waals surface area contributed by atoms with Crippen molar-refractivity contribution in [2.24, 2.45) is 11.7 Å². The van der Waals surface area contributed by atoms with Crippen molar-refractivity contribution in [2.75, 3.05) is 25.1 Å². The van der Waals surface area contributed by atoms with E-state index in [-0.39, 0.29) is 11.9 Å². The largest absolute Gasteiger partial charge is 0.341 e. The summed E-state index contributed by atoms with van der Waals surface area (Å²) in [5, 5.41) is 0. The molecule has 0 spiro atoms. The second-order valence-corrected chi connectivity index (χ2v) is 5.14. The Morgan fingerprint density at radius 3 is 2.47 bits per heavy atom. The van der Waals surface area contributed by atoms with Crippen LogP contribution in [0, 0.1) is 5.92 Å². The highest BCUT2D eigenvalue weighted by Gasteiger charge is 2.19. The molecule has 1 atom stereocenters. The number of nitrogens with zero attached hydrogens (tertiary/aromatic N) is 1. The van der Waals surface area contributed by atoms with Crippen molar-refractivity contribution in [2.45, 2.75) is 33.2 Å². The zero-order chi connectivity index (χ0) is 11.8. The Balaban J connectivity index is 4.12. The molecule has 0 radical (unpaired) electrons. The number of carbonyl (C=O) groups is 1. The lowest BCUT2D eigenvalue weighted by atomic mass is 10.1. The summed E-state index contributed by atoms with van der Waals surface area (Å²) in [6.45, 7) is 7.79. The quantitative estimate of drug-likeness (QED) is 0.725. The Labute approximate surface area is 97.8 Å². The standard InChI is InChI=1S/C11H24N2OS/c1-5-13(8-9(2)3)11(14)10(12)6-7-15-4/h9-10H,5-8,12H2,1-4H3/t10-/m1/s1. The van der Waals surface area contributed by atoms with Gasteiger partial charge in [0.05, 0.1) is 6.04 Å². The minimum absolute atomic E-state index is 0.0975. The van der Waals surface area contributed by atoms with E-state index in [1.807, 2.05) is 18.1 Å². The van der Waals surface area contributed by atoms with Gasteiger partial charge in [-0.3, -0.25) is 4.79 Å². The number of amides is 1. The SMILES string of the molecule is CCN(CC(C)C)C(=O)[C@H](N)CCSC. The van der Waals surface area contributed by atoms with E-state index in [1.54, 1.807) is 11.8 Å². The van der Waals surface area contributed by atoms with Gasteiger partial charge in [-0.15, -0.1) is 0 Å². The number of rotatable bonds is 7. The summed E-state index contributed by atoms with van der Waals surface area (Å²) in [6, 6.07) is -0.323. The Bertz CT molecular complexity index is 185. The molecule has 3 nitrogen and oxygen atoms in total. The van der Waals surface area contributed by atoms with Crippen LogP contribution in [0.5, 0.6) is 0 Å². The second-order valence-electron chi connectivity index (χ2n) is 4.16. The summed E-state index contributed by atoms with van der Waals surface area (Å²) >= 11 is 1.73. The Morgan fingerprint density at radius 1 is 1.47 bits per heavy atom. The van der Waals surface area contributed by atoms with Gasteiger partial charge in [-0.05, 0) is 31.3 Å². The van der Waals surface area contributed by atoms with Gasteiger partial charge in [-0.2, -0.15) is 11.8 Å². The van der Waals surface area contributed by atoms with Gasteiger partial charge in [0, 0.05) is 13.1 Å². The molecule has 0 saturated carbocycles. The van der Waals surface area contributed by atoms with Gasteiger partial charge in [0.1, 0.15) is 0 Å². The smallest absolute Gasteiger partial charge is 0.239 e. The summed E-state index contributed by atoms with van der Waals surface area (Å²) in [5.74, 6) is 1.55. The molecular weight excluding hydrogens is 208 g/mol. The normalized spacial score (nSPS) is 12.9. The molecule has 90 valence electrons. The minimum Gasteiger partial charge on any atom is -0.341 e. The highest BCUT2D eigenvalue weighted by atomic mass is 32.2. The first-order chi connectivity index (χ1) is 7.02. The van der Waals surface area contributed by atoms with E-state index < -0.39 is 0 Å². The van der Waals surface area contributed by atoms with Crippen LogP contribution in [0.3, 0.4) is 0 Å². The molecule has 0 heterocycles. The van der Waals surface area contributed by atoms with Crippen molar-refractivity contribution < 1.29 is 4.79 Å². The number of hydrogen-bond acceptors (Lipinski definition) is 3. The zero-order valence-corrected chi connectivity index (χ0v) is 11.1. The minimum atomic E-state index is -0.323. The van der Waals surface area contributed by atoms with Crippen molar-refractivity contribution in [1.82, 2.24) is 4.90 Å².